The van der Waals surface area contributed by atoms with Crippen LogP contribution in [0.25, 0.3) is 5.78 Å². The van der Waals surface area contributed by atoms with Crippen LogP contribution in [0.1, 0.15) is 11.4 Å². The number of amides is 1. The van der Waals surface area contributed by atoms with Crippen molar-refractivity contribution in [3.63, 3.8) is 0 Å². The molecule has 0 bridgehead atoms. The number of ether oxygens (including phenoxy) is 1. The van der Waals surface area contributed by atoms with Crippen molar-refractivity contribution in [2.24, 2.45) is 0 Å². The molecular weight excluding hydrogens is 383 g/mol. The maximum absolute atomic E-state index is 12.1. The molecule has 0 aliphatic rings. The van der Waals surface area contributed by atoms with Crippen LogP contribution in [0.15, 0.2) is 35.5 Å². The van der Waals surface area contributed by atoms with E-state index in [1.165, 1.54) is 23.9 Å². The number of hydrogen-bond acceptors (Lipinski definition) is 6. The molecule has 0 atom stereocenters. The number of aromatic nitrogens is 4. The Hall–Kier alpha value is -2.82. The molecule has 1 aromatic carbocycles. The fourth-order valence-corrected chi connectivity index (χ4v) is 3.15. The first kappa shape index (κ1) is 19.0. The molecule has 3 aromatic rings. The van der Waals surface area contributed by atoms with Gasteiger partial charge in [0.1, 0.15) is 5.75 Å². The highest BCUT2D eigenvalue weighted by Gasteiger charge is 2.30. The highest BCUT2D eigenvalue weighted by Crippen LogP contribution is 2.24. The summed E-state index contributed by atoms with van der Waals surface area (Å²) in [5, 5.41) is 11.1. The van der Waals surface area contributed by atoms with Crippen molar-refractivity contribution in [1.29, 1.82) is 0 Å². The number of rotatable bonds is 5. The molecule has 0 unspecified atom stereocenters. The van der Waals surface area contributed by atoms with E-state index >= 15 is 0 Å². The summed E-state index contributed by atoms with van der Waals surface area (Å²) in [6.07, 6.45) is -4.76. The molecule has 0 saturated heterocycles. The molecule has 0 fully saturated rings. The van der Waals surface area contributed by atoms with Crippen LogP contribution in [-0.2, 0) is 4.79 Å². The zero-order valence-electron chi connectivity index (χ0n) is 14.2. The summed E-state index contributed by atoms with van der Waals surface area (Å²) in [5.74, 6) is -0.188. The Morgan fingerprint density at radius 2 is 1.93 bits per heavy atom. The highest BCUT2D eigenvalue weighted by molar-refractivity contribution is 7.99. The molecule has 142 valence electrons. The quantitative estimate of drug-likeness (QED) is 0.665. The van der Waals surface area contributed by atoms with Gasteiger partial charge < -0.3 is 10.1 Å². The molecule has 0 radical (unpaired) electrons. The van der Waals surface area contributed by atoms with Crippen LogP contribution in [0.4, 0.5) is 18.9 Å². The maximum Gasteiger partial charge on any atom is 0.573 e. The van der Waals surface area contributed by atoms with Crippen LogP contribution < -0.4 is 10.1 Å². The molecule has 1 amide bonds. The third kappa shape index (κ3) is 4.88. The van der Waals surface area contributed by atoms with Gasteiger partial charge in [-0.3, -0.25) is 9.20 Å². The monoisotopic (exact) mass is 397 g/mol. The minimum atomic E-state index is -4.76. The van der Waals surface area contributed by atoms with Crippen LogP contribution in [-0.4, -0.2) is 37.6 Å². The Balaban J connectivity index is 1.60. The van der Waals surface area contributed by atoms with Gasteiger partial charge in [0.25, 0.3) is 5.78 Å². The van der Waals surface area contributed by atoms with Crippen LogP contribution in [0.5, 0.6) is 5.75 Å². The smallest absolute Gasteiger partial charge is 0.406 e. The number of halogens is 3. The van der Waals surface area contributed by atoms with Crippen molar-refractivity contribution < 1.29 is 22.7 Å². The standard InChI is InChI=1S/C16H14F3N5O2S/c1-9-7-10(2)24-14(20-9)22-23-15(24)27-8-13(25)21-11-3-5-12(6-4-11)26-16(17,18)19/h3-7H,8H2,1-2H3,(H,21,25). The van der Waals surface area contributed by atoms with Gasteiger partial charge in [-0.25, -0.2) is 4.98 Å². The molecule has 0 aliphatic heterocycles. The first-order valence-corrected chi connectivity index (χ1v) is 8.68. The minimum Gasteiger partial charge on any atom is -0.406 e. The Kier molecular flexibility index (Phi) is 5.22. The van der Waals surface area contributed by atoms with Crippen molar-refractivity contribution in [3.05, 3.63) is 41.7 Å². The number of benzene rings is 1. The van der Waals surface area contributed by atoms with E-state index < -0.39 is 6.36 Å². The summed E-state index contributed by atoms with van der Waals surface area (Å²) < 4.78 is 41.9. The van der Waals surface area contributed by atoms with E-state index in [1.54, 1.807) is 4.40 Å². The molecule has 1 N–H and O–H groups in total. The van der Waals surface area contributed by atoms with Crippen molar-refractivity contribution in [3.8, 4) is 5.75 Å². The average molecular weight is 397 g/mol. The minimum absolute atomic E-state index is 0.0505. The van der Waals surface area contributed by atoms with Gasteiger partial charge in [-0.2, -0.15) is 0 Å². The Bertz CT molecular complexity index is 973. The maximum atomic E-state index is 12.1. The summed E-state index contributed by atoms with van der Waals surface area (Å²) in [6.45, 7) is 3.74. The second-order valence-electron chi connectivity index (χ2n) is 5.57. The van der Waals surface area contributed by atoms with Crippen molar-refractivity contribution in [1.82, 2.24) is 19.6 Å². The van der Waals surface area contributed by atoms with E-state index in [4.69, 9.17) is 0 Å². The van der Waals surface area contributed by atoms with E-state index in [1.807, 2.05) is 19.9 Å². The third-order valence-electron chi connectivity index (χ3n) is 3.37. The normalized spacial score (nSPS) is 11.6. The lowest BCUT2D eigenvalue weighted by Crippen LogP contribution is -2.17. The predicted octanol–water partition coefficient (Wildman–Crippen LogP) is 3.37. The molecule has 0 saturated carbocycles. The number of anilines is 1. The number of carbonyl (C=O) groups excluding carboxylic acids is 1. The van der Waals surface area contributed by atoms with E-state index in [2.05, 4.69) is 25.2 Å². The summed E-state index contributed by atoms with van der Waals surface area (Å²) >= 11 is 1.18. The SMILES string of the molecule is Cc1cc(C)n2c(SCC(=O)Nc3ccc(OC(F)(F)F)cc3)nnc2n1. The van der Waals surface area contributed by atoms with Crippen LogP contribution in [0.2, 0.25) is 0 Å². The van der Waals surface area contributed by atoms with Crippen LogP contribution >= 0.6 is 11.8 Å². The van der Waals surface area contributed by atoms with Crippen molar-refractivity contribution in [2.75, 3.05) is 11.1 Å². The second kappa shape index (κ2) is 7.43. The van der Waals surface area contributed by atoms with Gasteiger partial charge in [0.2, 0.25) is 5.91 Å². The van der Waals surface area contributed by atoms with Gasteiger partial charge in [-0.05, 0) is 44.2 Å². The zero-order chi connectivity index (χ0) is 19.6. The van der Waals surface area contributed by atoms with Gasteiger partial charge >= 0.3 is 6.36 Å². The lowest BCUT2D eigenvalue weighted by atomic mass is 10.3. The number of aryl methyl sites for hydroxylation is 2. The largest absolute Gasteiger partial charge is 0.573 e. The number of fused-ring (bicyclic) bond motifs is 1. The molecule has 27 heavy (non-hydrogen) atoms. The molecule has 3 rings (SSSR count). The molecule has 0 spiro atoms. The number of nitrogens with one attached hydrogen (secondary N) is 1. The van der Waals surface area contributed by atoms with Crippen LogP contribution in [0.3, 0.4) is 0 Å². The third-order valence-corrected chi connectivity index (χ3v) is 4.30. The topological polar surface area (TPSA) is 81.4 Å². The number of nitrogens with zero attached hydrogens (tertiary/aromatic N) is 4. The van der Waals surface area contributed by atoms with Crippen molar-refractivity contribution in [2.45, 2.75) is 25.4 Å². The fourth-order valence-electron chi connectivity index (χ4n) is 2.36. The van der Waals surface area contributed by atoms with Crippen LogP contribution in [0, 0.1) is 13.8 Å². The van der Waals surface area contributed by atoms with E-state index in [0.29, 0.717) is 16.6 Å². The lowest BCUT2D eigenvalue weighted by molar-refractivity contribution is -0.274. The molecule has 2 heterocycles. The molecular formula is C16H14F3N5O2S. The van der Waals surface area contributed by atoms with Gasteiger partial charge in [0, 0.05) is 17.1 Å². The van der Waals surface area contributed by atoms with Gasteiger partial charge in [-0.1, -0.05) is 11.8 Å². The van der Waals surface area contributed by atoms with Gasteiger partial charge in [0.05, 0.1) is 5.75 Å². The van der Waals surface area contributed by atoms with Crippen molar-refractivity contribution >= 4 is 29.1 Å². The van der Waals surface area contributed by atoms with Gasteiger partial charge in [-0.15, -0.1) is 23.4 Å². The average Bonchev–Trinajstić information content (AvgIpc) is 2.96. The Labute approximate surface area is 156 Å². The number of hydrogen-bond donors (Lipinski definition) is 1. The molecule has 0 aliphatic carbocycles. The molecule has 2 aromatic heterocycles. The summed E-state index contributed by atoms with van der Waals surface area (Å²) in [6, 6.07) is 6.78. The van der Waals surface area contributed by atoms with E-state index in [9.17, 15) is 18.0 Å². The first-order valence-electron chi connectivity index (χ1n) is 7.69. The second-order valence-corrected chi connectivity index (χ2v) is 6.51. The summed E-state index contributed by atoms with van der Waals surface area (Å²) in [7, 11) is 0. The Morgan fingerprint density at radius 3 is 2.59 bits per heavy atom. The molecule has 7 nitrogen and oxygen atoms in total. The number of carbonyl (C=O) groups is 1. The van der Waals surface area contributed by atoms with E-state index in [0.717, 1.165) is 23.5 Å². The predicted molar refractivity (Wildman–Crippen MR) is 92.7 cm³/mol. The number of thioether (sulfide) groups is 1. The summed E-state index contributed by atoms with van der Waals surface area (Å²) in [4.78, 5) is 16.3. The van der Waals surface area contributed by atoms with Gasteiger partial charge in [0.15, 0.2) is 5.16 Å². The Morgan fingerprint density at radius 1 is 1.22 bits per heavy atom. The molecule has 11 heteroatoms. The first-order chi connectivity index (χ1) is 12.7. The zero-order valence-corrected chi connectivity index (χ0v) is 15.1. The fraction of sp³-hybridized carbons (Fsp3) is 0.250. The lowest BCUT2D eigenvalue weighted by Gasteiger charge is -2.10. The van der Waals surface area contributed by atoms with E-state index in [-0.39, 0.29) is 17.4 Å². The summed E-state index contributed by atoms with van der Waals surface area (Å²) in [5.41, 5.74) is 2.07. The highest BCUT2D eigenvalue weighted by atomic mass is 32.2. The number of alkyl halides is 3.